The Hall–Kier alpha value is -1.52. The summed E-state index contributed by atoms with van der Waals surface area (Å²) in [5, 5.41) is 10.9. The topological polar surface area (TPSA) is 41.9 Å². The van der Waals surface area contributed by atoms with E-state index in [0.29, 0.717) is 29.0 Å². The molecular weight excluding hydrogens is 398 g/mol. The quantitative estimate of drug-likeness (QED) is 0.716. The number of hydrogen-bond donors (Lipinski definition) is 1. The second kappa shape index (κ2) is 5.41. The molecule has 8 aliphatic rings. The highest BCUT2D eigenvalue weighted by atomic mass is 16.6. The molecule has 1 N–H and O–H groups in total. The number of phenolic OH excluding ortho intramolecular Hbond substituents is 1. The number of piperidine rings is 1. The SMILES string of the molecule is CO[C@]12C=C[C@@]3(C4Cc5ccc(O)c6c5[C@]3(CCN4CC3CC3)[C@H]1O6)[C@@H]1CC(C)(C)C[C@@H]12. The summed E-state index contributed by atoms with van der Waals surface area (Å²) in [4.78, 5) is 2.88. The third-order valence-corrected chi connectivity index (χ3v) is 11.1. The molecule has 1 saturated heterocycles. The van der Waals surface area contributed by atoms with Crippen LogP contribution in [0.25, 0.3) is 0 Å². The zero-order chi connectivity index (χ0) is 21.7. The lowest BCUT2D eigenvalue weighted by Gasteiger charge is -2.73. The van der Waals surface area contributed by atoms with Crippen molar-refractivity contribution in [2.75, 3.05) is 20.2 Å². The zero-order valence-electron chi connectivity index (χ0n) is 19.6. The van der Waals surface area contributed by atoms with Crippen LogP contribution >= 0.6 is 0 Å². The first-order valence-corrected chi connectivity index (χ1v) is 12.9. The van der Waals surface area contributed by atoms with Crippen LogP contribution in [0, 0.1) is 28.6 Å². The Kier molecular flexibility index (Phi) is 3.19. The van der Waals surface area contributed by atoms with E-state index in [9.17, 15) is 5.11 Å². The highest BCUT2D eigenvalue weighted by Gasteiger charge is 2.83. The van der Waals surface area contributed by atoms with Crippen LogP contribution < -0.4 is 4.74 Å². The summed E-state index contributed by atoms with van der Waals surface area (Å²) in [5.74, 6) is 3.08. The van der Waals surface area contributed by atoms with E-state index in [0.717, 1.165) is 31.1 Å². The van der Waals surface area contributed by atoms with E-state index in [-0.39, 0.29) is 16.9 Å². The van der Waals surface area contributed by atoms with Crippen LogP contribution in [0.3, 0.4) is 0 Å². The predicted octanol–water partition coefficient (Wildman–Crippen LogP) is 4.44. The molecule has 3 saturated carbocycles. The lowest BCUT2D eigenvalue weighted by atomic mass is 9.34. The van der Waals surface area contributed by atoms with Crippen molar-refractivity contribution >= 4 is 0 Å². The van der Waals surface area contributed by atoms with Crippen molar-refractivity contribution in [1.82, 2.24) is 4.90 Å². The fraction of sp³-hybridized carbons (Fsp3) is 0.714. The first-order chi connectivity index (χ1) is 15.4. The van der Waals surface area contributed by atoms with Gasteiger partial charge in [0, 0.05) is 30.7 Å². The van der Waals surface area contributed by atoms with Crippen LogP contribution in [0.1, 0.15) is 57.1 Å². The van der Waals surface area contributed by atoms with Gasteiger partial charge in [0.15, 0.2) is 11.5 Å². The van der Waals surface area contributed by atoms with E-state index in [2.05, 4.69) is 37.0 Å². The monoisotopic (exact) mass is 433 g/mol. The Morgan fingerprint density at radius 2 is 1.97 bits per heavy atom. The largest absolute Gasteiger partial charge is 0.504 e. The standard InChI is InChI=1S/C28H35NO3/c1-25(2)13-18-19(14-25)28(31-3)9-8-26(18)21-12-17-6-7-20(30)23-22(17)27(26,24(28)32-23)10-11-29(21)15-16-4-5-16/h6-9,16,18-19,21,24,30H,4-5,10-15H2,1-3H3/t18-,19+,21?,24-,26+,27-,28+/m1/s1. The fourth-order valence-electron chi connectivity index (χ4n) is 10.1. The second-order valence-corrected chi connectivity index (χ2v) is 12.9. The number of nitrogens with zero attached hydrogens (tertiary/aromatic N) is 1. The minimum atomic E-state index is -0.399. The van der Waals surface area contributed by atoms with Crippen molar-refractivity contribution in [3.63, 3.8) is 0 Å². The Labute approximate surface area is 191 Å². The molecule has 1 unspecified atom stereocenters. The van der Waals surface area contributed by atoms with Crippen molar-refractivity contribution in [2.45, 2.75) is 75.5 Å². The molecule has 0 aromatic heterocycles. The summed E-state index contributed by atoms with van der Waals surface area (Å²) in [6.07, 6.45) is 12.5. The van der Waals surface area contributed by atoms with Gasteiger partial charge in [-0.1, -0.05) is 32.1 Å². The smallest absolute Gasteiger partial charge is 0.165 e. The Bertz CT molecular complexity index is 1070. The maximum Gasteiger partial charge on any atom is 0.165 e. The van der Waals surface area contributed by atoms with Gasteiger partial charge in [0.05, 0.1) is 5.41 Å². The number of phenols is 1. The first kappa shape index (κ1) is 18.9. The van der Waals surface area contributed by atoms with Gasteiger partial charge in [-0.3, -0.25) is 4.90 Å². The summed E-state index contributed by atoms with van der Waals surface area (Å²) < 4.78 is 13.4. The zero-order valence-corrected chi connectivity index (χ0v) is 19.6. The average molecular weight is 434 g/mol. The lowest BCUT2D eigenvalue weighted by molar-refractivity contribution is -0.237. The molecular formula is C28H35NO3. The number of aromatic hydroxyl groups is 1. The van der Waals surface area contributed by atoms with Crippen LogP contribution in [0.15, 0.2) is 24.3 Å². The number of rotatable bonds is 3. The number of hydrogen-bond acceptors (Lipinski definition) is 4. The van der Waals surface area contributed by atoms with Gasteiger partial charge in [0.25, 0.3) is 0 Å². The van der Waals surface area contributed by atoms with Gasteiger partial charge in [-0.05, 0) is 79.9 Å². The van der Waals surface area contributed by atoms with Crippen molar-refractivity contribution in [1.29, 1.82) is 0 Å². The number of methoxy groups -OCH3 is 1. The van der Waals surface area contributed by atoms with E-state index in [1.807, 2.05) is 13.2 Å². The molecule has 4 heteroatoms. The van der Waals surface area contributed by atoms with Crippen molar-refractivity contribution in [3.05, 3.63) is 35.4 Å². The predicted molar refractivity (Wildman–Crippen MR) is 122 cm³/mol. The lowest BCUT2D eigenvalue weighted by Crippen LogP contribution is -2.81. The molecule has 2 spiro atoms. The van der Waals surface area contributed by atoms with Gasteiger partial charge >= 0.3 is 0 Å². The first-order valence-electron chi connectivity index (χ1n) is 12.9. The summed E-state index contributed by atoms with van der Waals surface area (Å²) >= 11 is 0. The minimum Gasteiger partial charge on any atom is -0.504 e. The molecule has 2 heterocycles. The molecule has 1 aromatic carbocycles. The highest BCUT2D eigenvalue weighted by molar-refractivity contribution is 5.65. The second-order valence-electron chi connectivity index (χ2n) is 12.9. The van der Waals surface area contributed by atoms with Crippen molar-refractivity contribution < 1.29 is 14.6 Å². The molecule has 7 atom stereocenters. The van der Waals surface area contributed by atoms with E-state index in [1.165, 1.54) is 43.4 Å². The highest BCUT2D eigenvalue weighted by Crippen LogP contribution is 2.79. The van der Waals surface area contributed by atoms with Gasteiger partial charge in [-0.25, -0.2) is 0 Å². The summed E-state index contributed by atoms with van der Waals surface area (Å²) in [6, 6.07) is 4.60. The molecule has 6 aliphatic carbocycles. The van der Waals surface area contributed by atoms with Gasteiger partial charge in [0.2, 0.25) is 0 Å². The van der Waals surface area contributed by atoms with E-state index in [1.54, 1.807) is 0 Å². The molecule has 170 valence electrons. The Balaban J connectivity index is 1.44. The van der Waals surface area contributed by atoms with Crippen molar-refractivity contribution in [3.8, 4) is 11.5 Å². The number of likely N-dealkylation sites (tertiary alicyclic amines) is 1. The number of benzene rings is 1. The summed E-state index contributed by atoms with van der Waals surface area (Å²) in [5.41, 5.74) is 2.69. The van der Waals surface area contributed by atoms with Gasteiger partial charge in [-0.2, -0.15) is 0 Å². The Morgan fingerprint density at radius 3 is 2.75 bits per heavy atom. The third-order valence-electron chi connectivity index (χ3n) is 11.1. The van der Waals surface area contributed by atoms with E-state index in [4.69, 9.17) is 9.47 Å². The van der Waals surface area contributed by atoms with Crippen LogP contribution in [0.2, 0.25) is 0 Å². The van der Waals surface area contributed by atoms with Gasteiger partial charge in [-0.15, -0.1) is 0 Å². The van der Waals surface area contributed by atoms with Crippen LogP contribution in [0.4, 0.5) is 0 Å². The van der Waals surface area contributed by atoms with Crippen LogP contribution in [-0.2, 0) is 16.6 Å². The maximum atomic E-state index is 10.9. The molecule has 32 heavy (non-hydrogen) atoms. The minimum absolute atomic E-state index is 0.0342. The third kappa shape index (κ3) is 1.79. The average Bonchev–Trinajstić information content (AvgIpc) is 3.40. The van der Waals surface area contributed by atoms with Crippen molar-refractivity contribution in [2.24, 2.45) is 28.6 Å². The summed E-state index contributed by atoms with van der Waals surface area (Å²) in [7, 11) is 1.90. The normalized spacial score (nSPS) is 48.5. The van der Waals surface area contributed by atoms with Gasteiger partial charge < -0.3 is 14.6 Å². The molecule has 0 radical (unpaired) electrons. The number of ether oxygens (including phenoxy) is 2. The van der Waals surface area contributed by atoms with Gasteiger partial charge in [0.1, 0.15) is 11.7 Å². The molecule has 4 bridgehead atoms. The molecule has 4 fully saturated rings. The van der Waals surface area contributed by atoms with E-state index < -0.39 is 5.60 Å². The van der Waals surface area contributed by atoms with Crippen LogP contribution in [-0.4, -0.2) is 48.0 Å². The molecule has 9 rings (SSSR count). The fourth-order valence-corrected chi connectivity index (χ4v) is 10.1. The molecule has 1 aromatic rings. The maximum absolute atomic E-state index is 10.9. The van der Waals surface area contributed by atoms with Crippen LogP contribution in [0.5, 0.6) is 11.5 Å². The molecule has 0 amide bonds. The molecule has 2 aliphatic heterocycles. The van der Waals surface area contributed by atoms with E-state index >= 15 is 0 Å². The summed E-state index contributed by atoms with van der Waals surface area (Å²) in [6.45, 7) is 7.33. The molecule has 4 nitrogen and oxygen atoms in total. The Morgan fingerprint density at radius 1 is 1.16 bits per heavy atom.